The molecule has 0 amide bonds. The molecule has 2 rings (SSSR count). The van der Waals surface area contributed by atoms with Gasteiger partial charge in [0.05, 0.1) is 28.2 Å². The topological polar surface area (TPSA) is 248 Å². The summed E-state index contributed by atoms with van der Waals surface area (Å²) in [6.45, 7) is 0.106. The van der Waals surface area contributed by atoms with E-state index in [-0.39, 0.29) is 29.1 Å². The van der Waals surface area contributed by atoms with Crippen LogP contribution in [0.15, 0.2) is 18.3 Å². The van der Waals surface area contributed by atoms with Crippen LogP contribution in [0.25, 0.3) is 0 Å². The molecule has 16 nitrogen and oxygen atoms in total. The van der Waals surface area contributed by atoms with Gasteiger partial charge in [-0.05, 0) is 6.92 Å². The molecule has 2 aromatic rings. The van der Waals surface area contributed by atoms with Crippen molar-refractivity contribution in [3.63, 3.8) is 0 Å². The molecule has 1 heterocycles. The molecule has 0 aliphatic heterocycles. The highest BCUT2D eigenvalue weighted by molar-refractivity contribution is 7.46. The number of carbonyl (C=O) groups is 1. The zero-order chi connectivity index (χ0) is 26.5. The number of aliphatic carboxylic acids is 1. The maximum absolute atomic E-state index is 14.0. The van der Waals surface area contributed by atoms with Crippen LogP contribution in [0.4, 0.5) is 21.5 Å². The number of pyridine rings is 1. The van der Waals surface area contributed by atoms with Crippen LogP contribution in [0, 0.1) is 33.0 Å². The van der Waals surface area contributed by atoms with Gasteiger partial charge >= 0.3 is 19.5 Å². The fraction of sp³-hybridized carbons (Fsp3) is 0.294. The molecule has 0 saturated carbocycles. The standard InChI is InChI=1S/C17H19FN5O11P/c1-8-16(24)10(9(4-20-8)7-34-35(31,32)33)5-19-6-13(17(25)26)21-12-2-11(18)14(22(27)28)3-15(12)23(29)30/h2-4,13,19,21,24H,5-7H2,1H3,(H,25,26)(H2,31,32,33). The first-order valence-corrected chi connectivity index (χ1v) is 10.9. The third kappa shape index (κ3) is 7.36. The van der Waals surface area contributed by atoms with Crippen molar-refractivity contribution in [1.82, 2.24) is 10.3 Å². The second-order valence-corrected chi connectivity index (χ2v) is 8.20. The van der Waals surface area contributed by atoms with Crippen LogP contribution in [-0.2, 0) is 27.0 Å². The van der Waals surface area contributed by atoms with E-state index in [0.717, 1.165) is 0 Å². The van der Waals surface area contributed by atoms with Gasteiger partial charge in [-0.25, -0.2) is 9.36 Å². The van der Waals surface area contributed by atoms with Gasteiger partial charge in [-0.2, -0.15) is 4.39 Å². The molecule has 18 heteroatoms. The average molecular weight is 519 g/mol. The van der Waals surface area contributed by atoms with Crippen LogP contribution in [-0.4, -0.2) is 53.4 Å². The molecule has 1 unspecified atom stereocenters. The normalized spacial score (nSPS) is 12.2. The van der Waals surface area contributed by atoms with E-state index in [4.69, 9.17) is 9.79 Å². The van der Waals surface area contributed by atoms with E-state index in [1.54, 1.807) is 0 Å². The summed E-state index contributed by atoms with van der Waals surface area (Å²) in [5.74, 6) is -3.30. The molecule has 1 atom stereocenters. The SMILES string of the molecule is Cc1ncc(COP(=O)(O)O)c(CNCC(Nc2cc(F)c([N+](=O)[O-])cc2[N+](=O)[O-])C(=O)O)c1O. The minimum absolute atomic E-state index is 0.0804. The number of nitrogens with zero attached hydrogens (tertiary/aromatic N) is 3. The van der Waals surface area contributed by atoms with Crippen LogP contribution >= 0.6 is 7.82 Å². The summed E-state index contributed by atoms with van der Waals surface area (Å²) in [4.78, 5) is 53.1. The lowest BCUT2D eigenvalue weighted by Gasteiger charge is -2.18. The smallest absolute Gasteiger partial charge is 0.469 e. The van der Waals surface area contributed by atoms with Crippen molar-refractivity contribution < 1.29 is 48.1 Å². The van der Waals surface area contributed by atoms with Crippen LogP contribution < -0.4 is 10.6 Å². The van der Waals surface area contributed by atoms with Gasteiger partial charge in [0.1, 0.15) is 17.5 Å². The fourth-order valence-corrected chi connectivity index (χ4v) is 3.15. The third-order valence-electron chi connectivity index (χ3n) is 4.56. The number of nitro benzene ring substituents is 2. The van der Waals surface area contributed by atoms with Crippen molar-refractivity contribution in [2.45, 2.75) is 26.1 Å². The number of carboxylic acid groups (broad SMARTS) is 1. The molecule has 1 aromatic heterocycles. The van der Waals surface area contributed by atoms with Gasteiger partial charge in [0, 0.05) is 36.5 Å². The lowest BCUT2D eigenvalue weighted by atomic mass is 10.1. The van der Waals surface area contributed by atoms with Gasteiger partial charge in [-0.1, -0.05) is 0 Å². The zero-order valence-electron chi connectivity index (χ0n) is 17.7. The van der Waals surface area contributed by atoms with Crippen LogP contribution in [0.2, 0.25) is 0 Å². The number of benzene rings is 1. The molecule has 6 N–H and O–H groups in total. The molecule has 0 saturated heterocycles. The molecule has 35 heavy (non-hydrogen) atoms. The van der Waals surface area contributed by atoms with Gasteiger partial charge in [-0.3, -0.25) is 29.7 Å². The molecule has 0 radical (unpaired) electrons. The first kappa shape index (κ1) is 27.5. The maximum Gasteiger partial charge on any atom is 0.469 e. The van der Waals surface area contributed by atoms with E-state index in [0.29, 0.717) is 12.1 Å². The van der Waals surface area contributed by atoms with Crippen molar-refractivity contribution in [3.8, 4) is 5.75 Å². The van der Waals surface area contributed by atoms with Crippen molar-refractivity contribution in [1.29, 1.82) is 0 Å². The van der Waals surface area contributed by atoms with Crippen molar-refractivity contribution in [3.05, 3.63) is 61.2 Å². The number of aromatic hydroxyl groups is 1. The largest absolute Gasteiger partial charge is 0.506 e. The number of phosphoric ester groups is 1. The minimum atomic E-state index is -4.84. The number of aryl methyl sites for hydroxylation is 1. The summed E-state index contributed by atoms with van der Waals surface area (Å²) in [6.07, 6.45) is 1.19. The van der Waals surface area contributed by atoms with Gasteiger partial charge in [0.15, 0.2) is 0 Å². The Bertz CT molecular complexity index is 1210. The molecule has 190 valence electrons. The molecule has 0 spiro atoms. The van der Waals surface area contributed by atoms with Gasteiger partial charge in [-0.15, -0.1) is 0 Å². The molecule has 1 aromatic carbocycles. The lowest BCUT2D eigenvalue weighted by molar-refractivity contribution is -0.395. The quantitative estimate of drug-likeness (QED) is 0.131. The first-order valence-electron chi connectivity index (χ1n) is 9.40. The summed E-state index contributed by atoms with van der Waals surface area (Å²) < 4.78 is 29.4. The Balaban J connectivity index is 2.23. The number of aromatic nitrogens is 1. The Hall–Kier alpha value is -3.76. The Morgan fingerprint density at radius 3 is 2.43 bits per heavy atom. The number of halogens is 1. The van der Waals surface area contributed by atoms with Gasteiger partial charge in [0.2, 0.25) is 5.82 Å². The summed E-state index contributed by atoms with van der Waals surface area (Å²) in [5, 5.41) is 46.7. The Morgan fingerprint density at radius 2 is 1.89 bits per heavy atom. The van der Waals surface area contributed by atoms with E-state index >= 15 is 0 Å². The Morgan fingerprint density at radius 1 is 1.26 bits per heavy atom. The number of nitrogens with one attached hydrogen (secondary N) is 2. The average Bonchev–Trinajstić information content (AvgIpc) is 2.73. The number of rotatable bonds is 12. The third-order valence-corrected chi connectivity index (χ3v) is 5.02. The van der Waals surface area contributed by atoms with E-state index in [2.05, 4.69) is 20.1 Å². The number of nitro groups is 2. The molecule has 0 aliphatic carbocycles. The van der Waals surface area contributed by atoms with Crippen molar-refractivity contribution in [2.24, 2.45) is 0 Å². The second kappa shape index (κ2) is 11.1. The van der Waals surface area contributed by atoms with Gasteiger partial charge in [0.25, 0.3) is 5.69 Å². The summed E-state index contributed by atoms with van der Waals surface area (Å²) in [6, 6.07) is -0.814. The van der Waals surface area contributed by atoms with E-state index in [1.807, 2.05) is 0 Å². The molecule has 0 aliphatic rings. The molecule has 0 bridgehead atoms. The summed E-state index contributed by atoms with van der Waals surface area (Å²) in [7, 11) is -4.84. The highest BCUT2D eigenvalue weighted by Gasteiger charge is 2.28. The van der Waals surface area contributed by atoms with Crippen LogP contribution in [0.3, 0.4) is 0 Å². The second-order valence-electron chi connectivity index (χ2n) is 6.96. The highest BCUT2D eigenvalue weighted by Crippen LogP contribution is 2.38. The predicted molar refractivity (Wildman–Crippen MR) is 114 cm³/mol. The van der Waals surface area contributed by atoms with E-state index in [1.165, 1.54) is 13.1 Å². The lowest BCUT2D eigenvalue weighted by Crippen LogP contribution is -2.39. The van der Waals surface area contributed by atoms with E-state index < -0.39 is 65.7 Å². The highest BCUT2D eigenvalue weighted by atomic mass is 31.2. The number of carboxylic acids is 1. The monoisotopic (exact) mass is 519 g/mol. The Kier molecular flexibility index (Phi) is 8.72. The van der Waals surface area contributed by atoms with Crippen molar-refractivity contribution in [2.75, 3.05) is 11.9 Å². The fourth-order valence-electron chi connectivity index (χ4n) is 2.85. The Labute approximate surface area is 194 Å². The summed E-state index contributed by atoms with van der Waals surface area (Å²) in [5.41, 5.74) is -2.39. The summed E-state index contributed by atoms with van der Waals surface area (Å²) >= 11 is 0. The number of phosphoric acid groups is 1. The zero-order valence-corrected chi connectivity index (χ0v) is 18.6. The van der Waals surface area contributed by atoms with Crippen LogP contribution in [0.5, 0.6) is 5.75 Å². The van der Waals surface area contributed by atoms with Crippen LogP contribution in [0.1, 0.15) is 16.8 Å². The number of hydrogen-bond acceptors (Lipinski definition) is 11. The van der Waals surface area contributed by atoms with E-state index in [9.17, 15) is 44.2 Å². The maximum atomic E-state index is 14.0. The van der Waals surface area contributed by atoms with Crippen molar-refractivity contribution >= 4 is 30.9 Å². The number of hydrogen-bond donors (Lipinski definition) is 6. The molecular weight excluding hydrogens is 500 g/mol. The predicted octanol–water partition coefficient (Wildman–Crippen LogP) is 1.32. The first-order chi connectivity index (χ1) is 16.2. The molecular formula is C17H19FN5O11P. The minimum Gasteiger partial charge on any atom is -0.506 e. The number of anilines is 1. The van der Waals surface area contributed by atoms with Gasteiger partial charge < -0.3 is 30.6 Å². The molecule has 0 fully saturated rings.